The van der Waals surface area contributed by atoms with Gasteiger partial charge in [-0.05, 0) is 12.5 Å². The van der Waals surface area contributed by atoms with E-state index in [1.807, 2.05) is 0 Å². The number of benzene rings is 1. The van der Waals surface area contributed by atoms with Crippen LogP contribution in [-0.2, 0) is 11.2 Å². The van der Waals surface area contributed by atoms with Gasteiger partial charge >= 0.3 is 0 Å². The SMILES string of the molecule is O=C(S)CCc1ccc(Cl)cc1[N+](=O)[O-]. The molecule has 0 atom stereocenters. The van der Waals surface area contributed by atoms with E-state index in [1.54, 1.807) is 12.1 Å². The summed E-state index contributed by atoms with van der Waals surface area (Å²) < 4.78 is 0. The lowest BCUT2D eigenvalue weighted by atomic mass is 10.1. The summed E-state index contributed by atoms with van der Waals surface area (Å²) in [5.74, 6) is 0. The van der Waals surface area contributed by atoms with Crippen molar-refractivity contribution >= 4 is 35.0 Å². The van der Waals surface area contributed by atoms with Crippen LogP contribution in [0.4, 0.5) is 5.69 Å². The molecule has 6 heteroatoms. The van der Waals surface area contributed by atoms with Gasteiger partial charge in [0.25, 0.3) is 5.69 Å². The van der Waals surface area contributed by atoms with Gasteiger partial charge in [0.2, 0.25) is 0 Å². The van der Waals surface area contributed by atoms with Gasteiger partial charge in [-0.3, -0.25) is 14.9 Å². The summed E-state index contributed by atoms with van der Waals surface area (Å²) >= 11 is 9.24. The second-order valence-electron chi connectivity index (χ2n) is 2.92. The summed E-state index contributed by atoms with van der Waals surface area (Å²) in [6.45, 7) is 0. The number of carbonyl (C=O) groups is 1. The maximum Gasteiger partial charge on any atom is 0.274 e. The first-order valence-electron chi connectivity index (χ1n) is 4.15. The average molecular weight is 246 g/mol. The molecule has 0 saturated carbocycles. The predicted octanol–water partition coefficient (Wildman–Crippen LogP) is 2.64. The number of hydrogen-bond acceptors (Lipinski definition) is 3. The molecule has 0 aliphatic rings. The lowest BCUT2D eigenvalue weighted by Gasteiger charge is -2.01. The molecular formula is C9H8ClNO3S. The van der Waals surface area contributed by atoms with Crippen molar-refractivity contribution in [1.82, 2.24) is 0 Å². The summed E-state index contributed by atoms with van der Waals surface area (Å²) in [5, 5.41) is 10.7. The molecule has 0 heterocycles. The number of nitro benzene ring substituents is 1. The van der Waals surface area contributed by atoms with E-state index >= 15 is 0 Å². The Hall–Kier alpha value is -1.07. The first-order valence-corrected chi connectivity index (χ1v) is 4.98. The summed E-state index contributed by atoms with van der Waals surface area (Å²) in [6.07, 6.45) is 0.474. The van der Waals surface area contributed by atoms with Gasteiger partial charge in [0.05, 0.1) is 4.92 Å². The molecule has 0 aliphatic carbocycles. The molecule has 0 bridgehead atoms. The predicted molar refractivity (Wildman–Crippen MR) is 60.4 cm³/mol. The maximum atomic E-state index is 10.7. The zero-order valence-electron chi connectivity index (χ0n) is 7.64. The van der Waals surface area contributed by atoms with Gasteiger partial charge in [0, 0.05) is 23.1 Å². The molecule has 1 aromatic carbocycles. The number of thiol groups is 1. The average Bonchev–Trinajstić information content (AvgIpc) is 2.15. The third-order valence-electron chi connectivity index (χ3n) is 1.85. The number of aryl methyl sites for hydroxylation is 1. The van der Waals surface area contributed by atoms with Crippen molar-refractivity contribution in [3.05, 3.63) is 38.9 Å². The highest BCUT2D eigenvalue weighted by Gasteiger charge is 2.14. The highest BCUT2D eigenvalue weighted by atomic mass is 35.5. The Bertz CT molecular complexity index is 408. The quantitative estimate of drug-likeness (QED) is 0.504. The molecule has 0 aliphatic heterocycles. The first-order chi connectivity index (χ1) is 7.00. The fourth-order valence-electron chi connectivity index (χ4n) is 1.16. The fourth-order valence-corrected chi connectivity index (χ4v) is 1.44. The monoisotopic (exact) mass is 245 g/mol. The summed E-state index contributed by atoms with van der Waals surface area (Å²) in [4.78, 5) is 20.8. The molecule has 80 valence electrons. The third-order valence-corrected chi connectivity index (χ3v) is 2.31. The summed E-state index contributed by atoms with van der Waals surface area (Å²) in [6, 6.07) is 4.39. The lowest BCUT2D eigenvalue weighted by molar-refractivity contribution is -0.385. The minimum absolute atomic E-state index is 0.0583. The molecule has 0 radical (unpaired) electrons. The molecule has 0 fully saturated rings. The topological polar surface area (TPSA) is 60.2 Å². The van der Waals surface area contributed by atoms with Crippen LogP contribution in [0.25, 0.3) is 0 Å². The van der Waals surface area contributed by atoms with Crippen molar-refractivity contribution in [2.75, 3.05) is 0 Å². The smallest absolute Gasteiger partial charge is 0.274 e. The van der Waals surface area contributed by atoms with Crippen LogP contribution in [0.2, 0.25) is 5.02 Å². The molecule has 0 aromatic heterocycles. The Balaban J connectivity index is 2.95. The van der Waals surface area contributed by atoms with E-state index in [1.165, 1.54) is 6.07 Å². The molecule has 0 saturated heterocycles. The van der Waals surface area contributed by atoms with Crippen molar-refractivity contribution in [3.63, 3.8) is 0 Å². The number of rotatable bonds is 4. The van der Waals surface area contributed by atoms with Gasteiger partial charge in [-0.1, -0.05) is 17.7 Å². The van der Waals surface area contributed by atoms with Crippen molar-refractivity contribution in [1.29, 1.82) is 0 Å². The first kappa shape index (κ1) is 12.0. The Labute approximate surface area is 96.8 Å². The van der Waals surface area contributed by atoms with E-state index in [-0.39, 0.29) is 17.2 Å². The van der Waals surface area contributed by atoms with E-state index in [2.05, 4.69) is 12.6 Å². The largest absolute Gasteiger partial charge is 0.287 e. The van der Waals surface area contributed by atoms with Crippen molar-refractivity contribution in [2.24, 2.45) is 0 Å². The van der Waals surface area contributed by atoms with Gasteiger partial charge < -0.3 is 0 Å². The molecule has 0 spiro atoms. The zero-order valence-corrected chi connectivity index (χ0v) is 9.29. The van der Waals surface area contributed by atoms with Crippen LogP contribution in [0.3, 0.4) is 0 Å². The van der Waals surface area contributed by atoms with E-state index in [9.17, 15) is 14.9 Å². The van der Waals surface area contributed by atoms with Crippen LogP contribution < -0.4 is 0 Å². The van der Waals surface area contributed by atoms with E-state index < -0.39 is 4.92 Å². The second kappa shape index (κ2) is 5.14. The summed E-state index contributed by atoms with van der Waals surface area (Å²) in [5.41, 5.74) is 0.434. The van der Waals surface area contributed by atoms with E-state index in [0.29, 0.717) is 17.0 Å². The minimum atomic E-state index is -0.510. The third kappa shape index (κ3) is 3.53. The minimum Gasteiger partial charge on any atom is -0.287 e. The van der Waals surface area contributed by atoms with Gasteiger partial charge in [-0.15, -0.1) is 12.6 Å². The molecule has 1 rings (SSSR count). The van der Waals surface area contributed by atoms with E-state index in [4.69, 9.17) is 11.6 Å². The summed E-state index contributed by atoms with van der Waals surface area (Å²) in [7, 11) is 0. The van der Waals surface area contributed by atoms with Crippen LogP contribution in [-0.4, -0.2) is 10.0 Å². The number of halogens is 1. The van der Waals surface area contributed by atoms with Crippen LogP contribution in [0.5, 0.6) is 0 Å². The Morgan fingerprint density at radius 2 is 2.20 bits per heavy atom. The van der Waals surface area contributed by atoms with Gasteiger partial charge in [0.1, 0.15) is 0 Å². The number of carbonyl (C=O) groups excluding carboxylic acids is 1. The number of nitrogens with zero attached hydrogens (tertiary/aromatic N) is 1. The molecule has 4 nitrogen and oxygen atoms in total. The second-order valence-corrected chi connectivity index (χ2v) is 3.86. The molecule has 1 aromatic rings. The molecule has 15 heavy (non-hydrogen) atoms. The molecule has 0 N–H and O–H groups in total. The molecule has 0 amide bonds. The lowest BCUT2D eigenvalue weighted by Crippen LogP contribution is -1.98. The van der Waals surface area contributed by atoms with Crippen LogP contribution >= 0.6 is 24.2 Å². The Kier molecular flexibility index (Phi) is 4.11. The highest BCUT2D eigenvalue weighted by molar-refractivity contribution is 7.96. The normalized spacial score (nSPS) is 10.0. The highest BCUT2D eigenvalue weighted by Crippen LogP contribution is 2.24. The van der Waals surface area contributed by atoms with Crippen LogP contribution in [0, 0.1) is 10.1 Å². The van der Waals surface area contributed by atoms with Gasteiger partial charge in [-0.25, -0.2) is 0 Å². The Morgan fingerprint density at radius 3 is 2.73 bits per heavy atom. The maximum absolute atomic E-state index is 10.7. The van der Waals surface area contributed by atoms with Crippen molar-refractivity contribution < 1.29 is 9.72 Å². The van der Waals surface area contributed by atoms with Crippen molar-refractivity contribution in [3.8, 4) is 0 Å². The van der Waals surface area contributed by atoms with Gasteiger partial charge in [0.15, 0.2) is 5.12 Å². The van der Waals surface area contributed by atoms with Gasteiger partial charge in [-0.2, -0.15) is 0 Å². The standard InChI is InChI=1S/C9H8ClNO3S/c10-7-3-1-6(2-4-9(12)15)8(5-7)11(13)14/h1,3,5H,2,4H2,(H,12,15). The fraction of sp³-hybridized carbons (Fsp3) is 0.222. The molecular weight excluding hydrogens is 238 g/mol. The van der Waals surface area contributed by atoms with Crippen LogP contribution in [0.1, 0.15) is 12.0 Å². The van der Waals surface area contributed by atoms with Crippen molar-refractivity contribution in [2.45, 2.75) is 12.8 Å². The van der Waals surface area contributed by atoms with Crippen LogP contribution in [0.15, 0.2) is 18.2 Å². The van der Waals surface area contributed by atoms with E-state index in [0.717, 1.165) is 0 Å². The molecule has 0 unspecified atom stereocenters. The number of hydrogen-bond donors (Lipinski definition) is 1. The zero-order chi connectivity index (χ0) is 11.4. The number of nitro groups is 1. The Morgan fingerprint density at radius 1 is 1.53 bits per heavy atom.